The molecule has 0 bridgehead atoms. The number of nitrogens with one attached hydrogen (secondary N) is 1. The second kappa shape index (κ2) is 13.1. The van der Waals surface area contributed by atoms with Gasteiger partial charge in [-0.2, -0.15) is 0 Å². The van der Waals surface area contributed by atoms with Crippen molar-refractivity contribution in [2.24, 2.45) is 0 Å². The summed E-state index contributed by atoms with van der Waals surface area (Å²) in [4.78, 5) is 29.3. The van der Waals surface area contributed by atoms with Crippen LogP contribution in [0.15, 0.2) is 83.8 Å². The van der Waals surface area contributed by atoms with E-state index in [1.54, 1.807) is 30.3 Å². The summed E-state index contributed by atoms with van der Waals surface area (Å²) in [6, 6.07) is 22.2. The van der Waals surface area contributed by atoms with Gasteiger partial charge in [0.05, 0.1) is 10.6 Å². The average Bonchev–Trinajstić information content (AvgIpc) is 2.92. The van der Waals surface area contributed by atoms with Crippen molar-refractivity contribution in [1.29, 1.82) is 0 Å². The van der Waals surface area contributed by atoms with Crippen molar-refractivity contribution in [3.63, 3.8) is 0 Å². The summed E-state index contributed by atoms with van der Waals surface area (Å²) in [6.07, 6.45) is 0.959. The molecule has 0 aromatic heterocycles. The summed E-state index contributed by atoms with van der Waals surface area (Å²) in [6.45, 7) is 11.2. The number of carbonyl (C=O) groups excluding carboxylic acids is 2. The van der Waals surface area contributed by atoms with Gasteiger partial charge in [0, 0.05) is 12.1 Å². The Kier molecular flexibility index (Phi) is 10.1. The summed E-state index contributed by atoms with van der Waals surface area (Å²) < 4.78 is 29.2. The normalized spacial score (nSPS) is 12.4. The molecule has 8 heteroatoms. The summed E-state index contributed by atoms with van der Waals surface area (Å²) >= 11 is 0. The third-order valence-corrected chi connectivity index (χ3v) is 8.51. The predicted molar refractivity (Wildman–Crippen MR) is 160 cm³/mol. The van der Waals surface area contributed by atoms with Crippen molar-refractivity contribution in [2.75, 3.05) is 10.8 Å². The third kappa shape index (κ3) is 7.50. The van der Waals surface area contributed by atoms with Crippen LogP contribution in [0.25, 0.3) is 0 Å². The molecule has 1 atom stereocenters. The molecule has 40 heavy (non-hydrogen) atoms. The largest absolute Gasteiger partial charge is 0.350 e. The lowest BCUT2D eigenvalue weighted by Gasteiger charge is -2.35. The van der Waals surface area contributed by atoms with E-state index in [1.807, 2.05) is 77.9 Å². The van der Waals surface area contributed by atoms with Crippen molar-refractivity contribution in [1.82, 2.24) is 10.2 Å². The van der Waals surface area contributed by atoms with E-state index >= 15 is 0 Å². The molecular formula is C32H41N3O4S. The molecule has 214 valence electrons. The van der Waals surface area contributed by atoms with Gasteiger partial charge in [-0.25, -0.2) is 8.42 Å². The molecule has 0 aliphatic heterocycles. The lowest BCUT2D eigenvalue weighted by Crippen LogP contribution is -2.55. The number of benzene rings is 3. The zero-order valence-electron chi connectivity index (χ0n) is 24.3. The molecule has 3 rings (SSSR count). The second-order valence-electron chi connectivity index (χ2n) is 10.9. The van der Waals surface area contributed by atoms with Gasteiger partial charge in [-0.3, -0.25) is 13.9 Å². The van der Waals surface area contributed by atoms with Crippen LogP contribution >= 0.6 is 0 Å². The maximum Gasteiger partial charge on any atom is 0.264 e. The maximum atomic E-state index is 14.2. The molecule has 0 radical (unpaired) electrons. The SMILES string of the molecule is CCc1ccccc1N(CC(=O)N(Cc1ccccc1C)[C@H](CC)C(=O)NC(C)(C)C)S(=O)(=O)c1ccccc1. The first-order valence-electron chi connectivity index (χ1n) is 13.7. The number of anilines is 1. The second-order valence-corrected chi connectivity index (χ2v) is 12.8. The van der Waals surface area contributed by atoms with Crippen LogP contribution in [0.4, 0.5) is 5.69 Å². The highest BCUT2D eigenvalue weighted by Crippen LogP contribution is 2.28. The highest BCUT2D eigenvalue weighted by atomic mass is 32.2. The third-order valence-electron chi connectivity index (χ3n) is 6.74. The highest BCUT2D eigenvalue weighted by Gasteiger charge is 2.35. The summed E-state index contributed by atoms with van der Waals surface area (Å²) in [5, 5.41) is 3.00. The Hall–Kier alpha value is -3.65. The Morgan fingerprint density at radius 1 is 0.850 bits per heavy atom. The van der Waals surface area contributed by atoms with Gasteiger partial charge in [0.15, 0.2) is 0 Å². The van der Waals surface area contributed by atoms with Gasteiger partial charge < -0.3 is 10.2 Å². The smallest absolute Gasteiger partial charge is 0.264 e. The van der Waals surface area contributed by atoms with E-state index in [0.29, 0.717) is 18.5 Å². The number of hydrogen-bond acceptors (Lipinski definition) is 4. The van der Waals surface area contributed by atoms with Gasteiger partial charge in [0.1, 0.15) is 12.6 Å². The number of nitrogens with zero attached hydrogens (tertiary/aromatic N) is 2. The Labute approximate surface area is 239 Å². The van der Waals surface area contributed by atoms with Gasteiger partial charge in [-0.05, 0) is 75.4 Å². The van der Waals surface area contributed by atoms with Crippen LogP contribution in [-0.2, 0) is 32.6 Å². The first kappa shape index (κ1) is 30.9. The Balaban J connectivity index is 2.11. The lowest BCUT2D eigenvalue weighted by molar-refractivity contribution is -0.141. The molecule has 0 heterocycles. The van der Waals surface area contributed by atoms with Crippen molar-refractivity contribution < 1.29 is 18.0 Å². The molecule has 0 unspecified atom stereocenters. The minimum Gasteiger partial charge on any atom is -0.350 e. The number of amides is 2. The maximum absolute atomic E-state index is 14.2. The number of aryl methyl sites for hydroxylation is 2. The zero-order chi connectivity index (χ0) is 29.5. The van der Waals surface area contributed by atoms with Crippen LogP contribution in [0, 0.1) is 6.92 Å². The minimum atomic E-state index is -4.09. The van der Waals surface area contributed by atoms with E-state index in [1.165, 1.54) is 21.3 Å². The molecule has 3 aromatic rings. The van der Waals surface area contributed by atoms with E-state index < -0.39 is 34.1 Å². The van der Waals surface area contributed by atoms with Crippen LogP contribution in [0.2, 0.25) is 0 Å². The van der Waals surface area contributed by atoms with Gasteiger partial charge in [-0.1, -0.05) is 74.5 Å². The Morgan fingerprint density at radius 3 is 2.00 bits per heavy atom. The van der Waals surface area contributed by atoms with E-state index in [-0.39, 0.29) is 17.3 Å². The van der Waals surface area contributed by atoms with Crippen molar-refractivity contribution in [3.05, 3.63) is 95.6 Å². The minimum absolute atomic E-state index is 0.0941. The quantitative estimate of drug-likeness (QED) is 0.335. The van der Waals surface area contributed by atoms with Gasteiger partial charge >= 0.3 is 0 Å². The average molecular weight is 564 g/mol. The Bertz CT molecular complexity index is 1420. The van der Waals surface area contributed by atoms with Crippen LogP contribution < -0.4 is 9.62 Å². The van der Waals surface area contributed by atoms with Gasteiger partial charge in [0.2, 0.25) is 11.8 Å². The van der Waals surface area contributed by atoms with E-state index in [4.69, 9.17) is 0 Å². The molecule has 1 N–H and O–H groups in total. The molecular weight excluding hydrogens is 522 g/mol. The van der Waals surface area contributed by atoms with E-state index in [9.17, 15) is 18.0 Å². The monoisotopic (exact) mass is 563 g/mol. The molecule has 7 nitrogen and oxygen atoms in total. The standard InChI is InChI=1S/C32H41N3O4S/c1-7-25-17-14-15-21-29(25)35(40(38,39)27-19-10-9-11-20-27)23-30(36)34(22-26-18-13-12-16-24(26)3)28(8-2)31(37)33-32(4,5)6/h9-21,28H,7-8,22-23H2,1-6H3,(H,33,37)/t28-/m1/s1. The number of hydrogen-bond donors (Lipinski definition) is 1. The molecule has 0 saturated carbocycles. The molecule has 0 spiro atoms. The van der Waals surface area contributed by atoms with E-state index in [2.05, 4.69) is 5.32 Å². The topological polar surface area (TPSA) is 86.8 Å². The number of sulfonamides is 1. The number of carbonyl (C=O) groups is 2. The molecule has 0 aliphatic rings. The lowest BCUT2D eigenvalue weighted by atomic mass is 10.0. The molecule has 3 aromatic carbocycles. The van der Waals surface area contributed by atoms with Crippen LogP contribution in [0.3, 0.4) is 0 Å². The molecule has 0 fully saturated rings. The van der Waals surface area contributed by atoms with Gasteiger partial charge in [0.25, 0.3) is 10.0 Å². The van der Waals surface area contributed by atoms with Crippen LogP contribution in [0.5, 0.6) is 0 Å². The van der Waals surface area contributed by atoms with Crippen molar-refractivity contribution in [2.45, 2.75) is 77.4 Å². The van der Waals surface area contributed by atoms with Crippen LogP contribution in [-0.4, -0.2) is 43.3 Å². The fourth-order valence-electron chi connectivity index (χ4n) is 4.63. The van der Waals surface area contributed by atoms with E-state index in [0.717, 1.165) is 16.7 Å². The molecule has 0 aliphatic carbocycles. The first-order valence-corrected chi connectivity index (χ1v) is 15.1. The predicted octanol–water partition coefficient (Wildman–Crippen LogP) is 5.47. The van der Waals surface area contributed by atoms with Gasteiger partial charge in [-0.15, -0.1) is 0 Å². The number of rotatable bonds is 11. The first-order chi connectivity index (χ1) is 18.9. The summed E-state index contributed by atoms with van der Waals surface area (Å²) in [5.41, 5.74) is 2.63. The van der Waals surface area contributed by atoms with Crippen molar-refractivity contribution >= 4 is 27.5 Å². The fourth-order valence-corrected chi connectivity index (χ4v) is 6.10. The van der Waals surface area contributed by atoms with Crippen molar-refractivity contribution in [3.8, 4) is 0 Å². The van der Waals surface area contributed by atoms with Crippen LogP contribution in [0.1, 0.15) is 57.7 Å². The highest BCUT2D eigenvalue weighted by molar-refractivity contribution is 7.92. The zero-order valence-corrected chi connectivity index (χ0v) is 25.2. The molecule has 2 amide bonds. The summed E-state index contributed by atoms with van der Waals surface area (Å²) in [7, 11) is -4.09. The number of para-hydroxylation sites is 1. The fraction of sp³-hybridized carbons (Fsp3) is 0.375. The Morgan fingerprint density at radius 2 is 1.43 bits per heavy atom. The molecule has 0 saturated heterocycles. The summed E-state index contributed by atoms with van der Waals surface area (Å²) in [5.74, 6) is -0.729.